The van der Waals surface area contributed by atoms with E-state index in [0.717, 1.165) is 36.8 Å². The van der Waals surface area contributed by atoms with E-state index in [1.165, 1.54) is 4.90 Å². The summed E-state index contributed by atoms with van der Waals surface area (Å²) >= 11 is 0. The van der Waals surface area contributed by atoms with Crippen LogP contribution in [0.2, 0.25) is 0 Å². The molecule has 2 aromatic rings. The molecule has 1 aromatic carbocycles. The number of nitrogens with zero attached hydrogens (tertiary/aromatic N) is 2. The molecule has 1 aliphatic carbocycles. The van der Waals surface area contributed by atoms with Gasteiger partial charge in [0.25, 0.3) is 5.91 Å². The summed E-state index contributed by atoms with van der Waals surface area (Å²) in [6, 6.07) is 3.29. The molecule has 0 radical (unpaired) electrons. The second-order valence-electron chi connectivity index (χ2n) is 9.08. The van der Waals surface area contributed by atoms with Gasteiger partial charge in [0, 0.05) is 31.1 Å². The van der Waals surface area contributed by atoms with Crippen LogP contribution in [0, 0.1) is 11.7 Å². The highest BCUT2D eigenvalue weighted by atomic mass is 32.2. The van der Waals surface area contributed by atoms with Gasteiger partial charge >= 0.3 is 6.18 Å². The SMILES string of the molecule is CS(=O)(=O)c1cncc(C(=O)N2CCC[C@@]2(C(N)=O)[C@@H](c2ccc(C(F)(F)F)cc2F)C2CC2)c1. The molecule has 12 heteroatoms. The number of hydrogen-bond donors (Lipinski definition) is 1. The molecule has 0 bridgehead atoms. The van der Waals surface area contributed by atoms with Crippen LogP contribution >= 0.6 is 0 Å². The lowest BCUT2D eigenvalue weighted by atomic mass is 9.73. The number of nitrogens with two attached hydrogens (primary N) is 1. The van der Waals surface area contributed by atoms with Crippen molar-refractivity contribution in [3.63, 3.8) is 0 Å². The summed E-state index contributed by atoms with van der Waals surface area (Å²) < 4.78 is 78.3. The average molecular weight is 514 g/mol. The Morgan fingerprint density at radius 2 is 1.89 bits per heavy atom. The van der Waals surface area contributed by atoms with Crippen molar-refractivity contribution in [2.75, 3.05) is 12.8 Å². The second-order valence-corrected chi connectivity index (χ2v) is 11.1. The fraction of sp³-hybridized carbons (Fsp3) is 0.435. The maximum atomic E-state index is 15.1. The minimum atomic E-state index is -4.75. The lowest BCUT2D eigenvalue weighted by molar-refractivity contribution is -0.138. The summed E-state index contributed by atoms with van der Waals surface area (Å²) in [6.07, 6.45) is 0.0734. The molecule has 7 nitrogen and oxygen atoms in total. The lowest BCUT2D eigenvalue weighted by Gasteiger charge is -2.42. The Morgan fingerprint density at radius 1 is 1.20 bits per heavy atom. The molecule has 2 fully saturated rings. The topological polar surface area (TPSA) is 110 Å². The molecular weight excluding hydrogens is 490 g/mol. The zero-order valence-corrected chi connectivity index (χ0v) is 19.5. The summed E-state index contributed by atoms with van der Waals surface area (Å²) in [5.41, 5.74) is 2.78. The number of pyridine rings is 1. The number of rotatable bonds is 6. The van der Waals surface area contributed by atoms with Crippen LogP contribution in [-0.4, -0.2) is 48.5 Å². The van der Waals surface area contributed by atoms with Crippen molar-refractivity contribution in [3.05, 3.63) is 59.2 Å². The van der Waals surface area contributed by atoms with E-state index < -0.39 is 50.7 Å². The standard InChI is InChI=1S/C23H23F4N3O4S/c1-35(33,34)16-9-14(11-29-12-16)20(31)30-8-2-7-22(30,21(28)32)19(13-3-4-13)17-6-5-15(10-18(17)24)23(25,26)27/h5-6,9-13,19H,2-4,7-8H2,1H3,(H2,28,32)/t19-,22+/m1/s1. The Hall–Kier alpha value is -3.02. The number of carbonyl (C=O) groups is 2. The minimum absolute atomic E-state index is 0.0797. The molecule has 188 valence electrons. The second kappa shape index (κ2) is 8.58. The number of halogens is 4. The highest BCUT2D eigenvalue weighted by Gasteiger charge is 2.59. The first-order valence-electron chi connectivity index (χ1n) is 10.9. The fourth-order valence-corrected chi connectivity index (χ4v) is 5.63. The maximum absolute atomic E-state index is 15.1. The quantitative estimate of drug-likeness (QED) is 0.596. The number of aromatic nitrogens is 1. The summed E-state index contributed by atoms with van der Waals surface area (Å²) in [6.45, 7) is 0.0797. The van der Waals surface area contributed by atoms with E-state index in [9.17, 15) is 31.2 Å². The Labute approximate surface area is 199 Å². The first-order valence-corrected chi connectivity index (χ1v) is 12.8. The van der Waals surface area contributed by atoms with Crippen LogP contribution in [0.3, 0.4) is 0 Å². The first-order chi connectivity index (χ1) is 16.3. The summed E-state index contributed by atoms with van der Waals surface area (Å²) in [5, 5.41) is 0. The third-order valence-corrected chi connectivity index (χ3v) is 7.83. The van der Waals surface area contributed by atoms with Crippen LogP contribution in [0.25, 0.3) is 0 Å². The van der Waals surface area contributed by atoms with Gasteiger partial charge in [-0.2, -0.15) is 13.2 Å². The van der Waals surface area contributed by atoms with Crippen LogP contribution in [0.5, 0.6) is 0 Å². The zero-order valence-electron chi connectivity index (χ0n) is 18.7. The summed E-state index contributed by atoms with van der Waals surface area (Å²) in [4.78, 5) is 31.4. The van der Waals surface area contributed by atoms with E-state index in [4.69, 9.17) is 5.73 Å². The van der Waals surface area contributed by atoms with Crippen molar-refractivity contribution in [3.8, 4) is 0 Å². The summed E-state index contributed by atoms with van der Waals surface area (Å²) in [7, 11) is -3.68. The van der Waals surface area contributed by atoms with Gasteiger partial charge in [-0.05, 0) is 55.4 Å². The van der Waals surface area contributed by atoms with Gasteiger partial charge in [-0.1, -0.05) is 6.07 Å². The third-order valence-electron chi connectivity index (χ3n) is 6.75. The molecule has 1 aliphatic heterocycles. The molecule has 0 unspecified atom stereocenters. The van der Waals surface area contributed by atoms with E-state index >= 15 is 4.39 Å². The maximum Gasteiger partial charge on any atom is 0.416 e. The number of amides is 2. The van der Waals surface area contributed by atoms with Gasteiger partial charge in [-0.15, -0.1) is 0 Å². The van der Waals surface area contributed by atoms with Gasteiger partial charge in [0.15, 0.2) is 9.84 Å². The van der Waals surface area contributed by atoms with Gasteiger partial charge in [-0.3, -0.25) is 14.6 Å². The van der Waals surface area contributed by atoms with Gasteiger partial charge in [0.05, 0.1) is 16.0 Å². The third kappa shape index (κ3) is 4.51. The van der Waals surface area contributed by atoms with Crippen LogP contribution in [0.4, 0.5) is 17.6 Å². The molecule has 1 saturated carbocycles. The number of sulfone groups is 1. The van der Waals surface area contributed by atoms with Crippen molar-refractivity contribution in [1.29, 1.82) is 0 Å². The van der Waals surface area contributed by atoms with E-state index in [-0.39, 0.29) is 34.9 Å². The highest BCUT2D eigenvalue weighted by molar-refractivity contribution is 7.90. The van der Waals surface area contributed by atoms with Crippen molar-refractivity contribution in [1.82, 2.24) is 9.88 Å². The smallest absolute Gasteiger partial charge is 0.368 e. The molecule has 1 aromatic heterocycles. The summed E-state index contributed by atoms with van der Waals surface area (Å²) in [5.74, 6) is -3.95. The molecular formula is C23H23F4N3O4S. The van der Waals surface area contributed by atoms with Crippen LogP contribution in [-0.2, 0) is 20.8 Å². The van der Waals surface area contributed by atoms with Crippen molar-refractivity contribution in [2.45, 2.75) is 48.2 Å². The van der Waals surface area contributed by atoms with Crippen molar-refractivity contribution >= 4 is 21.7 Å². The predicted molar refractivity (Wildman–Crippen MR) is 116 cm³/mol. The minimum Gasteiger partial charge on any atom is -0.368 e. The molecule has 2 atom stereocenters. The number of carbonyl (C=O) groups excluding carboxylic acids is 2. The Balaban J connectivity index is 1.82. The normalized spacial score (nSPS) is 21.7. The molecule has 2 aliphatic rings. The number of primary amides is 1. The highest BCUT2D eigenvalue weighted by Crippen LogP contribution is 2.54. The van der Waals surface area contributed by atoms with Gasteiger partial charge in [0.1, 0.15) is 11.4 Å². The molecule has 2 N–H and O–H groups in total. The Kier molecular flexibility index (Phi) is 6.15. The number of benzene rings is 1. The molecule has 4 rings (SSSR count). The van der Waals surface area contributed by atoms with Crippen molar-refractivity contribution < 1.29 is 35.6 Å². The zero-order chi connectivity index (χ0) is 25.8. The van der Waals surface area contributed by atoms with Crippen LogP contribution < -0.4 is 5.73 Å². The molecule has 2 amide bonds. The Morgan fingerprint density at radius 3 is 2.43 bits per heavy atom. The fourth-order valence-electron chi connectivity index (χ4n) is 5.04. The average Bonchev–Trinajstić information content (AvgIpc) is 3.50. The van der Waals surface area contributed by atoms with E-state index in [0.29, 0.717) is 25.3 Å². The van der Waals surface area contributed by atoms with Crippen LogP contribution in [0.15, 0.2) is 41.6 Å². The van der Waals surface area contributed by atoms with E-state index in [2.05, 4.69) is 4.98 Å². The van der Waals surface area contributed by atoms with E-state index in [1.807, 2.05) is 0 Å². The van der Waals surface area contributed by atoms with Gasteiger partial charge in [-0.25, -0.2) is 12.8 Å². The first kappa shape index (κ1) is 25.1. The van der Waals surface area contributed by atoms with E-state index in [1.54, 1.807) is 0 Å². The largest absolute Gasteiger partial charge is 0.416 e. The lowest BCUT2D eigenvalue weighted by Crippen LogP contribution is -2.60. The molecule has 0 spiro atoms. The molecule has 35 heavy (non-hydrogen) atoms. The van der Waals surface area contributed by atoms with Crippen molar-refractivity contribution in [2.24, 2.45) is 11.7 Å². The number of likely N-dealkylation sites (tertiary alicyclic amines) is 1. The molecule has 1 saturated heterocycles. The van der Waals surface area contributed by atoms with Crippen LogP contribution in [0.1, 0.15) is 53.1 Å². The van der Waals surface area contributed by atoms with Gasteiger partial charge in [0.2, 0.25) is 5.91 Å². The Bertz CT molecular complexity index is 1290. The monoisotopic (exact) mass is 513 g/mol. The van der Waals surface area contributed by atoms with Gasteiger partial charge < -0.3 is 10.6 Å². The molecule has 2 heterocycles. The number of hydrogen-bond acceptors (Lipinski definition) is 5. The predicted octanol–water partition coefficient (Wildman–Crippen LogP) is 3.30. The number of alkyl halides is 3.